The van der Waals surface area contributed by atoms with Gasteiger partial charge in [0.15, 0.2) is 5.96 Å². The maximum Gasteiger partial charge on any atom is 0.410 e. The van der Waals surface area contributed by atoms with Crippen molar-refractivity contribution < 1.29 is 14.3 Å². The molecule has 0 saturated carbocycles. The fourth-order valence-corrected chi connectivity index (χ4v) is 2.80. The molecule has 7 nitrogen and oxygen atoms in total. The van der Waals surface area contributed by atoms with Crippen LogP contribution in [0.2, 0.25) is 0 Å². The second-order valence-electron chi connectivity index (χ2n) is 8.38. The zero-order valence-corrected chi connectivity index (χ0v) is 20.4. The van der Waals surface area contributed by atoms with Crippen LogP contribution >= 0.6 is 24.0 Å². The second kappa shape index (κ2) is 11.9. The van der Waals surface area contributed by atoms with E-state index in [1.54, 1.807) is 11.9 Å². The van der Waals surface area contributed by atoms with Gasteiger partial charge in [0.2, 0.25) is 0 Å². The number of carbonyl (C=O) groups is 1. The van der Waals surface area contributed by atoms with Crippen molar-refractivity contribution >= 4 is 36.0 Å². The summed E-state index contributed by atoms with van der Waals surface area (Å²) in [6, 6.07) is 0.0988. The lowest BCUT2D eigenvalue weighted by molar-refractivity contribution is 0.0188. The SMILES string of the molecule is CN=C(NCCCN(C(=O)OC(C)(C)C)C(C)C)NCC1(C)CCCO1.I. The predicted molar refractivity (Wildman–Crippen MR) is 121 cm³/mol. The Bertz CT molecular complexity index is 472. The highest BCUT2D eigenvalue weighted by Gasteiger charge is 2.29. The molecule has 0 bridgehead atoms. The third kappa shape index (κ3) is 10.4. The summed E-state index contributed by atoms with van der Waals surface area (Å²) in [5.41, 5.74) is -0.588. The van der Waals surface area contributed by atoms with Gasteiger partial charge < -0.3 is 25.0 Å². The molecule has 1 aliphatic heterocycles. The summed E-state index contributed by atoms with van der Waals surface area (Å²) in [6.07, 6.45) is 2.73. The fraction of sp³-hybridized carbons (Fsp3) is 0.895. The number of halogens is 1. The van der Waals surface area contributed by atoms with Crippen molar-refractivity contribution in [3.05, 3.63) is 0 Å². The number of amides is 1. The molecule has 1 aliphatic rings. The van der Waals surface area contributed by atoms with Crippen molar-refractivity contribution in [1.82, 2.24) is 15.5 Å². The van der Waals surface area contributed by atoms with Crippen LogP contribution in [0.15, 0.2) is 4.99 Å². The number of aliphatic imine (C=N–C) groups is 1. The van der Waals surface area contributed by atoms with Crippen molar-refractivity contribution in [2.75, 3.05) is 33.3 Å². The summed E-state index contributed by atoms with van der Waals surface area (Å²) in [7, 11) is 1.76. The standard InChI is InChI=1S/C19H38N4O3.HI/c1-15(2)23(17(24)26-18(3,4)5)12-9-11-21-16(20-7)22-14-19(6)10-8-13-25-19;/h15H,8-14H2,1-7H3,(H2,20,21,22);1H. The molecule has 0 aliphatic carbocycles. The second-order valence-corrected chi connectivity index (χ2v) is 8.38. The van der Waals surface area contributed by atoms with Crippen LogP contribution in [0.3, 0.4) is 0 Å². The minimum absolute atomic E-state index is 0. The number of nitrogens with zero attached hydrogens (tertiary/aromatic N) is 2. The van der Waals surface area contributed by atoms with Gasteiger partial charge in [0, 0.05) is 39.3 Å². The molecule has 160 valence electrons. The number of nitrogens with one attached hydrogen (secondary N) is 2. The first-order valence-corrected chi connectivity index (χ1v) is 9.64. The van der Waals surface area contributed by atoms with Crippen LogP contribution in [0.1, 0.15) is 60.8 Å². The Morgan fingerprint density at radius 1 is 1.33 bits per heavy atom. The lowest BCUT2D eigenvalue weighted by Gasteiger charge is -2.30. The van der Waals surface area contributed by atoms with Gasteiger partial charge in [-0.05, 0) is 60.8 Å². The first kappa shape index (κ1) is 26.2. The highest BCUT2D eigenvalue weighted by molar-refractivity contribution is 14.0. The van der Waals surface area contributed by atoms with E-state index in [2.05, 4.69) is 22.5 Å². The van der Waals surface area contributed by atoms with Gasteiger partial charge in [-0.25, -0.2) is 4.79 Å². The minimum Gasteiger partial charge on any atom is -0.444 e. The molecule has 0 aromatic heterocycles. The molecule has 1 fully saturated rings. The Morgan fingerprint density at radius 2 is 2.00 bits per heavy atom. The molecule has 0 aromatic carbocycles. The van der Waals surface area contributed by atoms with E-state index in [9.17, 15) is 4.79 Å². The summed E-state index contributed by atoms with van der Waals surface area (Å²) in [4.78, 5) is 18.3. The van der Waals surface area contributed by atoms with Gasteiger partial charge in [-0.1, -0.05) is 0 Å². The van der Waals surface area contributed by atoms with Crippen LogP contribution in [0, 0.1) is 0 Å². The van der Waals surface area contributed by atoms with E-state index in [1.165, 1.54) is 0 Å². The zero-order valence-electron chi connectivity index (χ0n) is 18.1. The van der Waals surface area contributed by atoms with E-state index in [-0.39, 0.29) is 41.7 Å². The highest BCUT2D eigenvalue weighted by atomic mass is 127. The predicted octanol–water partition coefficient (Wildman–Crippen LogP) is 3.37. The van der Waals surface area contributed by atoms with E-state index < -0.39 is 5.60 Å². The number of carbonyl (C=O) groups excluding carboxylic acids is 1. The molecule has 8 heteroatoms. The van der Waals surface area contributed by atoms with Crippen LogP contribution in [-0.4, -0.2) is 67.5 Å². The molecule has 0 radical (unpaired) electrons. The maximum absolute atomic E-state index is 12.3. The minimum atomic E-state index is -0.479. The zero-order chi connectivity index (χ0) is 19.8. The largest absolute Gasteiger partial charge is 0.444 e. The Morgan fingerprint density at radius 3 is 2.48 bits per heavy atom. The molecular formula is C19H39IN4O3. The topological polar surface area (TPSA) is 75.2 Å². The Kier molecular flexibility index (Phi) is 11.6. The highest BCUT2D eigenvalue weighted by Crippen LogP contribution is 2.23. The molecule has 0 aromatic rings. The number of hydrogen-bond donors (Lipinski definition) is 2. The molecule has 2 N–H and O–H groups in total. The molecule has 1 atom stereocenters. The van der Waals surface area contributed by atoms with Crippen LogP contribution in [0.5, 0.6) is 0 Å². The Balaban J connectivity index is 0.00000676. The summed E-state index contributed by atoms with van der Waals surface area (Å²) in [6.45, 7) is 14.7. The molecule has 1 amide bonds. The third-order valence-electron chi connectivity index (χ3n) is 4.27. The maximum atomic E-state index is 12.3. The van der Waals surface area contributed by atoms with Gasteiger partial charge in [0.05, 0.1) is 5.60 Å². The molecule has 1 heterocycles. The third-order valence-corrected chi connectivity index (χ3v) is 4.27. The van der Waals surface area contributed by atoms with Gasteiger partial charge in [0.1, 0.15) is 5.60 Å². The van der Waals surface area contributed by atoms with Crippen LogP contribution in [0.4, 0.5) is 4.79 Å². The number of guanidine groups is 1. The Hall–Kier alpha value is -0.770. The van der Waals surface area contributed by atoms with Crippen LogP contribution in [-0.2, 0) is 9.47 Å². The average Bonchev–Trinajstić information content (AvgIpc) is 2.94. The molecule has 0 spiro atoms. The van der Waals surface area contributed by atoms with Gasteiger partial charge in [-0.3, -0.25) is 4.99 Å². The number of rotatable bonds is 7. The van der Waals surface area contributed by atoms with Gasteiger partial charge in [-0.2, -0.15) is 0 Å². The summed E-state index contributed by atoms with van der Waals surface area (Å²) in [5.74, 6) is 0.759. The molecule has 1 saturated heterocycles. The van der Waals surface area contributed by atoms with Crippen molar-refractivity contribution in [2.45, 2.75) is 78.0 Å². The number of hydrogen-bond acceptors (Lipinski definition) is 4. The average molecular weight is 498 g/mol. The monoisotopic (exact) mass is 498 g/mol. The van der Waals surface area contributed by atoms with E-state index in [0.29, 0.717) is 6.54 Å². The molecule has 27 heavy (non-hydrogen) atoms. The van der Waals surface area contributed by atoms with Crippen LogP contribution in [0.25, 0.3) is 0 Å². The summed E-state index contributed by atoms with van der Waals surface area (Å²) in [5, 5.41) is 6.62. The fourth-order valence-electron chi connectivity index (χ4n) is 2.80. The van der Waals surface area contributed by atoms with Crippen molar-refractivity contribution in [2.24, 2.45) is 4.99 Å². The van der Waals surface area contributed by atoms with Crippen LogP contribution < -0.4 is 10.6 Å². The van der Waals surface area contributed by atoms with Crippen molar-refractivity contribution in [3.63, 3.8) is 0 Å². The lowest BCUT2D eigenvalue weighted by atomic mass is 10.0. The van der Waals surface area contributed by atoms with E-state index in [1.807, 2.05) is 34.6 Å². The quantitative estimate of drug-likeness (QED) is 0.244. The molecule has 1 rings (SSSR count). The van der Waals surface area contributed by atoms with E-state index >= 15 is 0 Å². The first-order chi connectivity index (χ1) is 12.1. The van der Waals surface area contributed by atoms with E-state index in [0.717, 1.165) is 44.9 Å². The summed E-state index contributed by atoms with van der Waals surface area (Å²) < 4.78 is 11.3. The van der Waals surface area contributed by atoms with Gasteiger partial charge in [0.25, 0.3) is 0 Å². The lowest BCUT2D eigenvalue weighted by Crippen LogP contribution is -2.46. The number of ether oxygens (including phenoxy) is 2. The smallest absolute Gasteiger partial charge is 0.410 e. The first-order valence-electron chi connectivity index (χ1n) is 9.64. The van der Waals surface area contributed by atoms with E-state index in [4.69, 9.17) is 9.47 Å². The normalized spacial score (nSPS) is 20.2. The Labute approximate surface area is 182 Å². The van der Waals surface area contributed by atoms with Crippen molar-refractivity contribution in [1.29, 1.82) is 0 Å². The van der Waals surface area contributed by atoms with Gasteiger partial charge in [-0.15, -0.1) is 24.0 Å². The van der Waals surface area contributed by atoms with Gasteiger partial charge >= 0.3 is 6.09 Å². The molecular weight excluding hydrogens is 459 g/mol. The van der Waals surface area contributed by atoms with Crippen molar-refractivity contribution in [3.8, 4) is 0 Å². The summed E-state index contributed by atoms with van der Waals surface area (Å²) >= 11 is 0. The molecule has 1 unspecified atom stereocenters.